The highest BCUT2D eigenvalue weighted by molar-refractivity contribution is 5.40. The van der Waals surface area contributed by atoms with Gasteiger partial charge in [0.2, 0.25) is 0 Å². The van der Waals surface area contributed by atoms with E-state index in [1.807, 2.05) is 13.1 Å². The second kappa shape index (κ2) is 6.44. The van der Waals surface area contributed by atoms with Gasteiger partial charge in [-0.2, -0.15) is 13.9 Å². The van der Waals surface area contributed by atoms with Crippen molar-refractivity contribution in [3.63, 3.8) is 0 Å². The van der Waals surface area contributed by atoms with Crippen LogP contribution in [0.1, 0.15) is 24.1 Å². The molecule has 1 atom stereocenters. The molecule has 0 fully saturated rings. The second-order valence-electron chi connectivity index (χ2n) is 4.15. The molecule has 0 spiro atoms. The Morgan fingerprint density at radius 1 is 1.40 bits per heavy atom. The minimum atomic E-state index is -2.88. The summed E-state index contributed by atoms with van der Waals surface area (Å²) in [5.41, 5.74) is 3.92. The summed E-state index contributed by atoms with van der Waals surface area (Å²) in [5, 5.41) is 4.15. The number of nitrogens with two attached hydrogens (primary N) is 1. The van der Waals surface area contributed by atoms with Crippen molar-refractivity contribution in [3.8, 4) is 5.75 Å². The van der Waals surface area contributed by atoms with Crippen molar-refractivity contribution in [2.24, 2.45) is 5.84 Å². The largest absolute Gasteiger partial charge is 0.434 e. The van der Waals surface area contributed by atoms with Crippen molar-refractivity contribution in [3.05, 3.63) is 47.8 Å². The summed E-state index contributed by atoms with van der Waals surface area (Å²) >= 11 is 0. The number of hydrogen-bond donors (Lipinski definition) is 2. The van der Waals surface area contributed by atoms with Crippen LogP contribution < -0.4 is 16.0 Å². The van der Waals surface area contributed by atoms with Crippen LogP contribution in [0.5, 0.6) is 5.75 Å². The van der Waals surface area contributed by atoms with Gasteiger partial charge in [-0.1, -0.05) is 18.2 Å². The molecule has 108 valence electrons. The maximum atomic E-state index is 12.4. The highest BCUT2D eigenvalue weighted by Gasteiger charge is 2.20. The van der Waals surface area contributed by atoms with Gasteiger partial charge in [0, 0.05) is 23.9 Å². The molecule has 0 radical (unpaired) electrons. The second-order valence-corrected chi connectivity index (χ2v) is 4.15. The summed E-state index contributed by atoms with van der Waals surface area (Å²) in [6.45, 7) is -0.213. The number of alkyl halides is 2. The summed E-state index contributed by atoms with van der Waals surface area (Å²) in [5.74, 6) is 5.65. The molecule has 7 heteroatoms. The van der Waals surface area contributed by atoms with Crippen molar-refractivity contribution in [2.75, 3.05) is 0 Å². The lowest BCUT2D eigenvalue weighted by Crippen LogP contribution is -2.29. The predicted molar refractivity (Wildman–Crippen MR) is 70.1 cm³/mol. The van der Waals surface area contributed by atoms with E-state index in [-0.39, 0.29) is 5.75 Å². The quantitative estimate of drug-likeness (QED) is 0.628. The molecule has 2 aromatic rings. The zero-order valence-electron chi connectivity index (χ0n) is 11.0. The number of para-hydroxylation sites is 1. The molecule has 2 rings (SSSR count). The summed E-state index contributed by atoms with van der Waals surface area (Å²) in [4.78, 5) is 0. The molecular formula is C13H16F2N4O. The maximum absolute atomic E-state index is 12.4. The molecule has 0 bridgehead atoms. The van der Waals surface area contributed by atoms with Gasteiger partial charge < -0.3 is 4.74 Å². The van der Waals surface area contributed by atoms with Crippen LogP contribution in [0.25, 0.3) is 0 Å². The van der Waals surface area contributed by atoms with Crippen molar-refractivity contribution >= 4 is 0 Å². The number of aryl methyl sites for hydroxylation is 1. The van der Waals surface area contributed by atoms with Crippen LogP contribution >= 0.6 is 0 Å². The molecule has 5 nitrogen and oxygen atoms in total. The van der Waals surface area contributed by atoms with Crippen LogP contribution in [0, 0.1) is 0 Å². The number of hydrogen-bond acceptors (Lipinski definition) is 4. The van der Waals surface area contributed by atoms with Crippen molar-refractivity contribution in [1.29, 1.82) is 0 Å². The normalized spacial score (nSPS) is 12.7. The maximum Gasteiger partial charge on any atom is 0.387 e. The number of hydrazine groups is 1. The Hall–Kier alpha value is -1.99. The van der Waals surface area contributed by atoms with Gasteiger partial charge in [-0.3, -0.25) is 10.5 Å². The Bertz CT molecular complexity index is 559. The first-order valence-corrected chi connectivity index (χ1v) is 6.18. The van der Waals surface area contributed by atoms with Crippen molar-refractivity contribution in [2.45, 2.75) is 26.1 Å². The average molecular weight is 282 g/mol. The number of ether oxygens (including phenoxy) is 1. The SMILES string of the molecule is CCn1cc(C(NN)c2ccccc2OC(F)F)cn1. The number of rotatable bonds is 6. The molecule has 0 aliphatic carbocycles. The monoisotopic (exact) mass is 282 g/mol. The van der Waals surface area contributed by atoms with Crippen molar-refractivity contribution in [1.82, 2.24) is 15.2 Å². The minimum absolute atomic E-state index is 0.0923. The Labute approximate surface area is 115 Å². The Balaban J connectivity index is 2.36. The topological polar surface area (TPSA) is 65.1 Å². The van der Waals surface area contributed by atoms with Crippen LogP contribution in [0.4, 0.5) is 8.78 Å². The molecule has 1 unspecified atom stereocenters. The predicted octanol–water partition coefficient (Wildman–Crippen LogP) is 2.06. The van der Waals surface area contributed by atoms with E-state index in [0.29, 0.717) is 12.1 Å². The van der Waals surface area contributed by atoms with E-state index in [9.17, 15) is 8.78 Å². The summed E-state index contributed by atoms with van der Waals surface area (Å²) in [6, 6.07) is 6.07. The van der Waals surface area contributed by atoms with Gasteiger partial charge in [-0.25, -0.2) is 5.43 Å². The minimum Gasteiger partial charge on any atom is -0.434 e. The van der Waals surface area contributed by atoms with Gasteiger partial charge >= 0.3 is 6.61 Å². The van der Waals surface area contributed by atoms with Gasteiger partial charge in [0.1, 0.15) is 5.75 Å². The number of nitrogens with one attached hydrogen (secondary N) is 1. The number of aromatic nitrogens is 2. The zero-order valence-corrected chi connectivity index (χ0v) is 11.0. The molecule has 1 aromatic carbocycles. The number of halogens is 2. The standard InChI is InChI=1S/C13H16F2N4O/c1-2-19-8-9(7-17-19)12(18-16)10-5-3-4-6-11(10)20-13(14)15/h3-8,12-13,18H,2,16H2,1H3. The molecular weight excluding hydrogens is 266 g/mol. The third-order valence-electron chi connectivity index (χ3n) is 2.92. The molecule has 0 aliphatic rings. The Kier molecular flexibility index (Phi) is 4.65. The fraction of sp³-hybridized carbons (Fsp3) is 0.308. The zero-order chi connectivity index (χ0) is 14.5. The van der Waals surface area contributed by atoms with Gasteiger partial charge in [-0.15, -0.1) is 0 Å². The molecule has 0 saturated carbocycles. The van der Waals surface area contributed by atoms with E-state index in [1.165, 1.54) is 6.07 Å². The smallest absolute Gasteiger partial charge is 0.387 e. The molecule has 0 amide bonds. The van der Waals surface area contributed by atoms with Gasteiger partial charge in [0.15, 0.2) is 0 Å². The van der Waals surface area contributed by atoms with Crippen LogP contribution in [0.15, 0.2) is 36.7 Å². The molecule has 1 aromatic heterocycles. The average Bonchev–Trinajstić information content (AvgIpc) is 2.90. The summed E-state index contributed by atoms with van der Waals surface area (Å²) < 4.78 is 31.1. The highest BCUT2D eigenvalue weighted by atomic mass is 19.3. The van der Waals surface area contributed by atoms with Crippen LogP contribution in [-0.2, 0) is 6.54 Å². The van der Waals surface area contributed by atoms with Gasteiger partial charge in [-0.05, 0) is 13.0 Å². The Morgan fingerprint density at radius 3 is 2.75 bits per heavy atom. The first-order chi connectivity index (χ1) is 9.65. The lowest BCUT2D eigenvalue weighted by atomic mass is 10.0. The van der Waals surface area contributed by atoms with Crippen molar-refractivity contribution < 1.29 is 13.5 Å². The highest BCUT2D eigenvalue weighted by Crippen LogP contribution is 2.30. The lowest BCUT2D eigenvalue weighted by molar-refractivity contribution is -0.0506. The van der Waals surface area contributed by atoms with Gasteiger partial charge in [0.25, 0.3) is 0 Å². The fourth-order valence-corrected chi connectivity index (χ4v) is 1.99. The first kappa shape index (κ1) is 14.4. The van der Waals surface area contributed by atoms with Crippen LogP contribution in [0.2, 0.25) is 0 Å². The Morgan fingerprint density at radius 2 is 2.15 bits per heavy atom. The lowest BCUT2D eigenvalue weighted by Gasteiger charge is -2.18. The summed E-state index contributed by atoms with van der Waals surface area (Å²) in [7, 11) is 0. The third kappa shape index (κ3) is 3.12. The van der Waals surface area contributed by atoms with Gasteiger partial charge in [0.05, 0.1) is 12.2 Å². The van der Waals surface area contributed by atoms with E-state index < -0.39 is 12.7 Å². The van der Waals surface area contributed by atoms with E-state index in [4.69, 9.17) is 5.84 Å². The molecule has 0 aliphatic heterocycles. The number of benzene rings is 1. The third-order valence-corrected chi connectivity index (χ3v) is 2.92. The van der Waals surface area contributed by atoms with E-state index >= 15 is 0 Å². The molecule has 1 heterocycles. The fourth-order valence-electron chi connectivity index (χ4n) is 1.99. The number of nitrogens with zero attached hydrogens (tertiary/aromatic N) is 2. The van der Waals surface area contributed by atoms with E-state index in [0.717, 1.165) is 5.56 Å². The molecule has 0 saturated heterocycles. The summed E-state index contributed by atoms with van der Waals surface area (Å²) in [6.07, 6.45) is 3.46. The van der Waals surface area contributed by atoms with Crippen LogP contribution in [0.3, 0.4) is 0 Å². The molecule has 3 N–H and O–H groups in total. The van der Waals surface area contributed by atoms with E-state index in [2.05, 4.69) is 15.3 Å². The van der Waals surface area contributed by atoms with Crippen LogP contribution in [-0.4, -0.2) is 16.4 Å². The first-order valence-electron chi connectivity index (χ1n) is 6.18. The van der Waals surface area contributed by atoms with E-state index in [1.54, 1.807) is 29.1 Å². The molecule has 20 heavy (non-hydrogen) atoms.